The molecule has 1 amide bonds. The van der Waals surface area contributed by atoms with E-state index in [2.05, 4.69) is 5.32 Å². The SMILES string of the molecule is CNC(=O)c1c(O)c(=O)ccn1CCOC. The number of hydrogen-bond acceptors (Lipinski definition) is 4. The highest BCUT2D eigenvalue weighted by Crippen LogP contribution is 2.10. The first-order chi connectivity index (χ1) is 7.61. The zero-order valence-electron chi connectivity index (χ0n) is 9.19. The van der Waals surface area contributed by atoms with E-state index in [1.54, 1.807) is 0 Å². The molecule has 0 saturated carbocycles. The molecular weight excluding hydrogens is 212 g/mol. The molecule has 16 heavy (non-hydrogen) atoms. The molecule has 0 aliphatic carbocycles. The first kappa shape index (κ1) is 12.3. The van der Waals surface area contributed by atoms with Gasteiger partial charge in [-0.05, 0) is 0 Å². The van der Waals surface area contributed by atoms with Gasteiger partial charge in [0.15, 0.2) is 11.4 Å². The van der Waals surface area contributed by atoms with Crippen molar-refractivity contribution in [2.75, 3.05) is 20.8 Å². The highest BCUT2D eigenvalue weighted by Gasteiger charge is 2.16. The topological polar surface area (TPSA) is 80.6 Å². The smallest absolute Gasteiger partial charge is 0.271 e. The van der Waals surface area contributed by atoms with E-state index < -0.39 is 17.1 Å². The quantitative estimate of drug-likeness (QED) is 0.729. The van der Waals surface area contributed by atoms with Gasteiger partial charge in [-0.15, -0.1) is 0 Å². The predicted molar refractivity (Wildman–Crippen MR) is 57.6 cm³/mol. The number of methoxy groups -OCH3 is 1. The van der Waals surface area contributed by atoms with Gasteiger partial charge in [0.05, 0.1) is 6.61 Å². The lowest BCUT2D eigenvalue weighted by Gasteiger charge is -2.12. The molecule has 6 nitrogen and oxygen atoms in total. The Balaban J connectivity index is 3.21. The Morgan fingerprint density at radius 3 is 2.88 bits per heavy atom. The average Bonchev–Trinajstić information content (AvgIpc) is 2.29. The standard InChI is InChI=1S/C10H14N2O4/c1-11-10(15)8-9(14)7(13)3-4-12(8)5-6-16-2/h3-4,14H,5-6H2,1-2H3,(H,11,15). The maximum atomic E-state index is 11.5. The van der Waals surface area contributed by atoms with Crippen molar-refractivity contribution in [1.29, 1.82) is 0 Å². The summed E-state index contributed by atoms with van der Waals surface area (Å²) in [6.07, 6.45) is 1.45. The number of nitrogens with zero attached hydrogens (tertiary/aromatic N) is 1. The molecule has 1 rings (SSSR count). The van der Waals surface area contributed by atoms with E-state index in [-0.39, 0.29) is 5.69 Å². The third-order valence-electron chi connectivity index (χ3n) is 2.13. The first-order valence-corrected chi connectivity index (χ1v) is 4.75. The Morgan fingerprint density at radius 1 is 1.62 bits per heavy atom. The number of amides is 1. The molecule has 6 heteroatoms. The summed E-state index contributed by atoms with van der Waals surface area (Å²) in [5.41, 5.74) is -0.626. The van der Waals surface area contributed by atoms with Gasteiger partial charge < -0.3 is 19.7 Å². The monoisotopic (exact) mass is 226 g/mol. The van der Waals surface area contributed by atoms with Crippen molar-refractivity contribution < 1.29 is 14.6 Å². The molecule has 0 atom stereocenters. The van der Waals surface area contributed by atoms with Gasteiger partial charge in [-0.2, -0.15) is 0 Å². The number of aromatic hydroxyl groups is 1. The zero-order chi connectivity index (χ0) is 12.1. The van der Waals surface area contributed by atoms with Crippen LogP contribution in [0.5, 0.6) is 5.75 Å². The van der Waals surface area contributed by atoms with Crippen molar-refractivity contribution in [3.63, 3.8) is 0 Å². The molecule has 1 aromatic rings. The lowest BCUT2D eigenvalue weighted by molar-refractivity contribution is 0.0946. The molecule has 0 aliphatic heterocycles. The van der Waals surface area contributed by atoms with Gasteiger partial charge in [-0.1, -0.05) is 0 Å². The third kappa shape index (κ3) is 2.40. The summed E-state index contributed by atoms with van der Waals surface area (Å²) in [5, 5.41) is 11.9. The van der Waals surface area contributed by atoms with Crippen molar-refractivity contribution in [2.45, 2.75) is 6.54 Å². The van der Waals surface area contributed by atoms with Gasteiger partial charge in [0.25, 0.3) is 5.91 Å². The van der Waals surface area contributed by atoms with Crippen LogP contribution in [0.2, 0.25) is 0 Å². The second-order valence-electron chi connectivity index (χ2n) is 3.14. The second-order valence-corrected chi connectivity index (χ2v) is 3.14. The minimum Gasteiger partial charge on any atom is -0.503 e. The fourth-order valence-electron chi connectivity index (χ4n) is 1.30. The minimum atomic E-state index is -0.577. The largest absolute Gasteiger partial charge is 0.503 e. The molecule has 0 spiro atoms. The van der Waals surface area contributed by atoms with E-state index in [0.717, 1.165) is 0 Å². The number of rotatable bonds is 4. The second kappa shape index (κ2) is 5.32. The van der Waals surface area contributed by atoms with Crippen LogP contribution in [0.4, 0.5) is 0 Å². The van der Waals surface area contributed by atoms with E-state index in [1.807, 2.05) is 0 Å². The predicted octanol–water partition coefficient (Wildman–Crippen LogP) is -0.440. The summed E-state index contributed by atoms with van der Waals surface area (Å²) in [6.45, 7) is 0.763. The Hall–Kier alpha value is -1.82. The van der Waals surface area contributed by atoms with Crippen molar-refractivity contribution in [3.05, 3.63) is 28.2 Å². The van der Waals surface area contributed by atoms with Crippen molar-refractivity contribution in [3.8, 4) is 5.75 Å². The third-order valence-corrected chi connectivity index (χ3v) is 2.13. The van der Waals surface area contributed by atoms with Crippen LogP contribution in [-0.2, 0) is 11.3 Å². The molecule has 0 bridgehead atoms. The van der Waals surface area contributed by atoms with E-state index in [4.69, 9.17) is 4.74 Å². The Morgan fingerprint density at radius 2 is 2.31 bits per heavy atom. The average molecular weight is 226 g/mol. The normalized spacial score (nSPS) is 10.1. The zero-order valence-corrected chi connectivity index (χ0v) is 9.19. The fraction of sp³-hybridized carbons (Fsp3) is 0.400. The molecule has 0 aliphatic rings. The number of ether oxygens (including phenoxy) is 1. The summed E-state index contributed by atoms with van der Waals surface area (Å²) in [5.74, 6) is -1.05. The maximum Gasteiger partial charge on any atom is 0.271 e. The Kier molecular flexibility index (Phi) is 4.07. The van der Waals surface area contributed by atoms with Gasteiger partial charge in [0, 0.05) is 33.0 Å². The van der Waals surface area contributed by atoms with Gasteiger partial charge in [0.1, 0.15) is 0 Å². The molecule has 0 unspecified atom stereocenters. The van der Waals surface area contributed by atoms with Crippen LogP contribution in [0.3, 0.4) is 0 Å². The lowest BCUT2D eigenvalue weighted by atomic mass is 10.3. The number of pyridine rings is 1. The summed E-state index contributed by atoms with van der Waals surface area (Å²) in [4.78, 5) is 22.7. The highest BCUT2D eigenvalue weighted by atomic mass is 16.5. The van der Waals surface area contributed by atoms with Crippen LogP contribution in [-0.4, -0.2) is 36.3 Å². The van der Waals surface area contributed by atoms with E-state index in [1.165, 1.54) is 31.0 Å². The van der Waals surface area contributed by atoms with E-state index in [0.29, 0.717) is 13.2 Å². The van der Waals surface area contributed by atoms with E-state index in [9.17, 15) is 14.7 Å². The van der Waals surface area contributed by atoms with Gasteiger partial charge in [0.2, 0.25) is 5.43 Å². The molecule has 88 valence electrons. The van der Waals surface area contributed by atoms with Crippen molar-refractivity contribution >= 4 is 5.91 Å². The van der Waals surface area contributed by atoms with Crippen molar-refractivity contribution in [2.24, 2.45) is 0 Å². The van der Waals surface area contributed by atoms with Crippen LogP contribution in [0.15, 0.2) is 17.1 Å². The Bertz CT molecular complexity index is 439. The van der Waals surface area contributed by atoms with Crippen molar-refractivity contribution in [1.82, 2.24) is 9.88 Å². The summed E-state index contributed by atoms with van der Waals surface area (Å²) >= 11 is 0. The minimum absolute atomic E-state index is 0.0490. The number of nitrogens with one attached hydrogen (secondary N) is 1. The van der Waals surface area contributed by atoms with E-state index >= 15 is 0 Å². The summed E-state index contributed by atoms with van der Waals surface area (Å²) < 4.78 is 6.34. The lowest BCUT2D eigenvalue weighted by Crippen LogP contribution is -2.26. The molecule has 0 aromatic carbocycles. The maximum absolute atomic E-state index is 11.5. The number of aromatic nitrogens is 1. The fourth-order valence-corrected chi connectivity index (χ4v) is 1.30. The van der Waals surface area contributed by atoms with Gasteiger partial charge in [-0.3, -0.25) is 9.59 Å². The van der Waals surface area contributed by atoms with Crippen LogP contribution in [0, 0.1) is 0 Å². The first-order valence-electron chi connectivity index (χ1n) is 4.75. The number of hydrogen-bond donors (Lipinski definition) is 2. The number of carbonyl (C=O) groups excluding carboxylic acids is 1. The van der Waals surface area contributed by atoms with Crippen LogP contribution < -0.4 is 10.7 Å². The molecule has 0 radical (unpaired) electrons. The highest BCUT2D eigenvalue weighted by molar-refractivity contribution is 5.94. The summed E-state index contributed by atoms with van der Waals surface area (Å²) in [7, 11) is 2.96. The molecular formula is C10H14N2O4. The van der Waals surface area contributed by atoms with Crippen LogP contribution >= 0.6 is 0 Å². The van der Waals surface area contributed by atoms with Gasteiger partial charge in [-0.25, -0.2) is 0 Å². The molecule has 1 heterocycles. The van der Waals surface area contributed by atoms with Crippen LogP contribution in [0.1, 0.15) is 10.5 Å². The van der Waals surface area contributed by atoms with Crippen LogP contribution in [0.25, 0.3) is 0 Å². The molecule has 1 aromatic heterocycles. The number of carbonyl (C=O) groups is 1. The summed E-state index contributed by atoms with van der Waals surface area (Å²) in [6, 6.07) is 1.21. The molecule has 2 N–H and O–H groups in total. The molecule has 0 saturated heterocycles. The Labute approximate surface area is 92.5 Å². The molecule has 0 fully saturated rings. The van der Waals surface area contributed by atoms with Gasteiger partial charge >= 0.3 is 0 Å².